The SMILES string of the molecule is CC1(C)c2ccccc2-c2ccc(N(c3ccc(-c4ccccc4)cc3)C3(C)C=CC(c4ccc5c(c4)c4ccccc4n5-c4ccccc4)=CC3)cc21. The fourth-order valence-corrected chi connectivity index (χ4v) is 9.11. The summed E-state index contributed by atoms with van der Waals surface area (Å²) in [7, 11) is 0. The summed E-state index contributed by atoms with van der Waals surface area (Å²) in [5.41, 5.74) is 16.1. The Kier molecular flexibility index (Phi) is 7.39. The van der Waals surface area contributed by atoms with Gasteiger partial charge in [-0.25, -0.2) is 0 Å². The Balaban J connectivity index is 1.05. The number of hydrogen-bond donors (Lipinski definition) is 0. The van der Waals surface area contributed by atoms with Crippen molar-refractivity contribution in [3.05, 3.63) is 205 Å². The molecule has 0 bridgehead atoms. The topological polar surface area (TPSA) is 8.17 Å². The van der Waals surface area contributed by atoms with Crippen LogP contribution < -0.4 is 4.90 Å². The molecule has 0 spiro atoms. The number of rotatable bonds is 6. The molecule has 0 fully saturated rings. The van der Waals surface area contributed by atoms with Gasteiger partial charge < -0.3 is 9.47 Å². The largest absolute Gasteiger partial charge is 0.332 e. The van der Waals surface area contributed by atoms with Crippen molar-refractivity contribution in [1.82, 2.24) is 4.57 Å². The second-order valence-electron chi connectivity index (χ2n) is 15.6. The average molecular weight is 695 g/mol. The predicted octanol–water partition coefficient (Wildman–Crippen LogP) is 13.7. The van der Waals surface area contributed by atoms with Crippen molar-refractivity contribution in [3.8, 4) is 27.9 Å². The van der Waals surface area contributed by atoms with Crippen LogP contribution in [0.3, 0.4) is 0 Å². The summed E-state index contributed by atoms with van der Waals surface area (Å²) in [4.78, 5) is 2.56. The van der Waals surface area contributed by atoms with Gasteiger partial charge in [0, 0.05) is 33.2 Å². The zero-order chi connectivity index (χ0) is 36.4. The van der Waals surface area contributed by atoms with E-state index in [1.54, 1.807) is 0 Å². The highest BCUT2D eigenvalue weighted by Gasteiger charge is 2.38. The van der Waals surface area contributed by atoms with Crippen LogP contribution in [-0.4, -0.2) is 10.1 Å². The Bertz CT molecular complexity index is 2760. The van der Waals surface area contributed by atoms with Gasteiger partial charge in [-0.15, -0.1) is 0 Å². The molecule has 2 aliphatic rings. The summed E-state index contributed by atoms with van der Waals surface area (Å²) in [5.74, 6) is 0. The van der Waals surface area contributed by atoms with Crippen LogP contribution >= 0.6 is 0 Å². The predicted molar refractivity (Wildman–Crippen MR) is 229 cm³/mol. The Morgan fingerprint density at radius 2 is 1.13 bits per heavy atom. The van der Waals surface area contributed by atoms with Crippen LogP contribution in [0, 0.1) is 0 Å². The summed E-state index contributed by atoms with van der Waals surface area (Å²) < 4.78 is 2.38. The minimum atomic E-state index is -0.297. The molecule has 10 rings (SSSR count). The Hall–Kier alpha value is -6.38. The molecule has 1 unspecified atom stereocenters. The molecule has 1 heterocycles. The summed E-state index contributed by atoms with van der Waals surface area (Å²) in [6, 6.07) is 62.2. The first-order valence-corrected chi connectivity index (χ1v) is 19.1. The first-order valence-electron chi connectivity index (χ1n) is 19.1. The molecule has 1 atom stereocenters. The van der Waals surface area contributed by atoms with Gasteiger partial charge >= 0.3 is 0 Å². The Morgan fingerprint density at radius 1 is 0.500 bits per heavy atom. The van der Waals surface area contributed by atoms with Crippen molar-refractivity contribution in [2.75, 3.05) is 4.90 Å². The van der Waals surface area contributed by atoms with Crippen molar-refractivity contribution in [3.63, 3.8) is 0 Å². The lowest BCUT2D eigenvalue weighted by Gasteiger charge is -2.43. The van der Waals surface area contributed by atoms with E-state index < -0.39 is 0 Å². The molecular weight excluding hydrogens is 653 g/mol. The Labute approximate surface area is 318 Å². The molecule has 8 aromatic rings. The number of benzene rings is 7. The molecule has 2 aliphatic carbocycles. The van der Waals surface area contributed by atoms with Crippen LogP contribution in [0.15, 0.2) is 188 Å². The number of hydrogen-bond acceptors (Lipinski definition) is 1. The van der Waals surface area contributed by atoms with Gasteiger partial charge in [0.05, 0.1) is 16.6 Å². The molecule has 0 N–H and O–H groups in total. The van der Waals surface area contributed by atoms with Gasteiger partial charge in [0.2, 0.25) is 0 Å². The molecule has 0 saturated heterocycles. The summed E-state index contributed by atoms with van der Waals surface area (Å²) in [5, 5.41) is 2.55. The van der Waals surface area contributed by atoms with Gasteiger partial charge in [-0.1, -0.05) is 147 Å². The van der Waals surface area contributed by atoms with Crippen molar-refractivity contribution < 1.29 is 0 Å². The molecule has 0 saturated carbocycles. The third-order valence-electron chi connectivity index (χ3n) is 11.9. The van der Waals surface area contributed by atoms with Crippen molar-refractivity contribution in [2.24, 2.45) is 0 Å². The summed E-state index contributed by atoms with van der Waals surface area (Å²) in [6.07, 6.45) is 8.08. The van der Waals surface area contributed by atoms with Crippen LogP contribution in [0.25, 0.3) is 55.3 Å². The first-order chi connectivity index (χ1) is 26.4. The van der Waals surface area contributed by atoms with Crippen LogP contribution in [0.1, 0.15) is 43.9 Å². The second kappa shape index (κ2) is 12.4. The smallest absolute Gasteiger partial charge is 0.0643 e. The standard InChI is InChI=1S/C52H42N2/c1-51(2)47-20-12-10-18-43(47)44-28-27-42(35-48(44)51)54(41-25-22-37(23-26-41)36-14-6-4-7-15-36)52(3)32-30-38(31-33-52)39-24-29-50-46(34-39)45-19-11-13-21-49(45)53(50)40-16-8-5-9-17-40/h4-32,34-35H,33H2,1-3H3. The maximum absolute atomic E-state index is 2.56. The maximum Gasteiger partial charge on any atom is 0.0643 e. The monoisotopic (exact) mass is 694 g/mol. The lowest BCUT2D eigenvalue weighted by atomic mass is 9.81. The van der Waals surface area contributed by atoms with E-state index in [0.29, 0.717) is 0 Å². The molecule has 2 nitrogen and oxygen atoms in total. The maximum atomic E-state index is 2.56. The quantitative estimate of drug-likeness (QED) is 0.168. The van der Waals surface area contributed by atoms with Gasteiger partial charge in [0.25, 0.3) is 0 Å². The van der Waals surface area contributed by atoms with E-state index in [1.807, 2.05) is 0 Å². The summed E-state index contributed by atoms with van der Waals surface area (Å²) >= 11 is 0. The molecule has 2 heteroatoms. The van der Waals surface area contributed by atoms with E-state index in [9.17, 15) is 0 Å². The van der Waals surface area contributed by atoms with Crippen LogP contribution in [0.2, 0.25) is 0 Å². The number of fused-ring (bicyclic) bond motifs is 6. The van der Waals surface area contributed by atoms with E-state index in [-0.39, 0.29) is 11.0 Å². The van der Waals surface area contributed by atoms with Crippen LogP contribution in [0.4, 0.5) is 11.4 Å². The van der Waals surface area contributed by atoms with Gasteiger partial charge in [0.15, 0.2) is 0 Å². The lowest BCUT2D eigenvalue weighted by Crippen LogP contribution is -2.42. The van der Waals surface area contributed by atoms with Crippen molar-refractivity contribution in [2.45, 2.75) is 38.1 Å². The molecular formula is C52H42N2. The zero-order valence-corrected chi connectivity index (χ0v) is 31.0. The van der Waals surface area contributed by atoms with E-state index in [4.69, 9.17) is 0 Å². The molecule has 0 aliphatic heterocycles. The van der Waals surface area contributed by atoms with E-state index in [2.05, 4.69) is 218 Å². The molecule has 0 radical (unpaired) electrons. The van der Waals surface area contributed by atoms with Gasteiger partial charge in [-0.2, -0.15) is 0 Å². The molecule has 54 heavy (non-hydrogen) atoms. The van der Waals surface area contributed by atoms with E-state index in [1.165, 1.54) is 83.4 Å². The normalized spacial score (nSPS) is 17.0. The number of nitrogens with zero attached hydrogens (tertiary/aromatic N) is 2. The molecule has 0 amide bonds. The van der Waals surface area contributed by atoms with Gasteiger partial charge in [-0.05, 0) is 112 Å². The minimum Gasteiger partial charge on any atom is -0.332 e. The van der Waals surface area contributed by atoms with Crippen LogP contribution in [-0.2, 0) is 5.41 Å². The lowest BCUT2D eigenvalue weighted by molar-refractivity contribution is 0.570. The second-order valence-corrected chi connectivity index (χ2v) is 15.6. The third kappa shape index (κ3) is 5.09. The highest BCUT2D eigenvalue weighted by Crippen LogP contribution is 2.51. The van der Waals surface area contributed by atoms with Crippen molar-refractivity contribution in [1.29, 1.82) is 0 Å². The zero-order valence-electron chi connectivity index (χ0n) is 31.0. The van der Waals surface area contributed by atoms with Crippen molar-refractivity contribution >= 4 is 38.8 Å². The molecule has 260 valence electrons. The minimum absolute atomic E-state index is 0.0799. The fraction of sp³-hybridized carbons (Fsp3) is 0.115. The number of para-hydroxylation sites is 2. The van der Waals surface area contributed by atoms with Crippen LogP contribution in [0.5, 0.6) is 0 Å². The third-order valence-corrected chi connectivity index (χ3v) is 11.9. The fourth-order valence-electron chi connectivity index (χ4n) is 9.11. The van der Waals surface area contributed by atoms with Gasteiger partial charge in [-0.3, -0.25) is 0 Å². The van der Waals surface area contributed by atoms with Gasteiger partial charge in [0.1, 0.15) is 0 Å². The number of allylic oxidation sites excluding steroid dienone is 2. The average Bonchev–Trinajstić information content (AvgIpc) is 3.67. The molecule has 7 aromatic carbocycles. The summed E-state index contributed by atoms with van der Waals surface area (Å²) in [6.45, 7) is 7.11. The number of anilines is 2. The molecule has 1 aromatic heterocycles. The van der Waals surface area contributed by atoms with E-state index in [0.717, 1.165) is 6.42 Å². The first kappa shape index (κ1) is 32.3. The Morgan fingerprint density at radius 3 is 1.91 bits per heavy atom. The highest BCUT2D eigenvalue weighted by atomic mass is 15.2. The highest BCUT2D eigenvalue weighted by molar-refractivity contribution is 6.10. The van der Waals surface area contributed by atoms with E-state index >= 15 is 0 Å². The number of aromatic nitrogens is 1.